The van der Waals surface area contributed by atoms with Gasteiger partial charge in [-0.05, 0) is 37.1 Å². The fourth-order valence-electron chi connectivity index (χ4n) is 2.11. The maximum absolute atomic E-state index is 5.12. The van der Waals surface area contributed by atoms with Crippen molar-refractivity contribution < 1.29 is 4.74 Å². The quantitative estimate of drug-likeness (QED) is 0.649. The topological polar surface area (TPSA) is 9.23 Å². The molecule has 0 aromatic heterocycles. The Kier molecular flexibility index (Phi) is 3.88. The predicted molar refractivity (Wildman–Crippen MR) is 66.4 cm³/mol. The van der Waals surface area contributed by atoms with E-state index in [-0.39, 0.29) is 0 Å². The SMILES string of the molecule is COc1ccc(C#CC2CCCCC2)cc1. The molecule has 1 aromatic rings. The third-order valence-corrected chi connectivity index (χ3v) is 3.12. The minimum atomic E-state index is 0.621. The number of hydrogen-bond donors (Lipinski definition) is 0. The first-order chi connectivity index (χ1) is 7.88. The molecule has 1 aromatic carbocycles. The van der Waals surface area contributed by atoms with Crippen LogP contribution in [0.15, 0.2) is 24.3 Å². The summed E-state index contributed by atoms with van der Waals surface area (Å²) in [5.41, 5.74) is 1.09. The van der Waals surface area contributed by atoms with Crippen LogP contribution in [0.1, 0.15) is 37.7 Å². The summed E-state index contributed by atoms with van der Waals surface area (Å²) in [6.45, 7) is 0. The van der Waals surface area contributed by atoms with Crippen molar-refractivity contribution in [1.82, 2.24) is 0 Å². The van der Waals surface area contributed by atoms with Crippen LogP contribution < -0.4 is 4.74 Å². The average Bonchev–Trinajstić information content (AvgIpc) is 2.38. The Hall–Kier alpha value is -1.42. The van der Waals surface area contributed by atoms with Crippen LogP contribution in [0.25, 0.3) is 0 Å². The van der Waals surface area contributed by atoms with E-state index in [9.17, 15) is 0 Å². The maximum atomic E-state index is 5.12. The van der Waals surface area contributed by atoms with Gasteiger partial charge in [0.05, 0.1) is 7.11 Å². The summed E-state index contributed by atoms with van der Waals surface area (Å²) >= 11 is 0. The van der Waals surface area contributed by atoms with Gasteiger partial charge in [0.15, 0.2) is 0 Å². The zero-order valence-corrected chi connectivity index (χ0v) is 9.83. The van der Waals surface area contributed by atoms with E-state index in [1.54, 1.807) is 7.11 Å². The van der Waals surface area contributed by atoms with Crippen molar-refractivity contribution in [1.29, 1.82) is 0 Å². The molecule has 0 amide bonds. The molecule has 0 heterocycles. The molecule has 16 heavy (non-hydrogen) atoms. The largest absolute Gasteiger partial charge is 0.497 e. The molecule has 0 atom stereocenters. The fraction of sp³-hybridized carbons (Fsp3) is 0.467. The first kappa shape index (κ1) is 11.1. The van der Waals surface area contributed by atoms with E-state index < -0.39 is 0 Å². The van der Waals surface area contributed by atoms with Crippen LogP contribution in [0.3, 0.4) is 0 Å². The molecule has 0 spiro atoms. The fourth-order valence-corrected chi connectivity index (χ4v) is 2.11. The van der Waals surface area contributed by atoms with E-state index in [0.29, 0.717) is 5.92 Å². The molecule has 0 radical (unpaired) electrons. The van der Waals surface area contributed by atoms with Crippen LogP contribution in [0.2, 0.25) is 0 Å². The van der Waals surface area contributed by atoms with Crippen LogP contribution in [0, 0.1) is 17.8 Å². The zero-order chi connectivity index (χ0) is 11.2. The van der Waals surface area contributed by atoms with Crippen LogP contribution in [0.5, 0.6) is 5.75 Å². The molecule has 1 saturated carbocycles. The average molecular weight is 214 g/mol. The number of rotatable bonds is 1. The lowest BCUT2D eigenvalue weighted by Crippen LogP contribution is -2.02. The number of ether oxygens (including phenoxy) is 1. The Morgan fingerprint density at radius 1 is 1.06 bits per heavy atom. The molecule has 84 valence electrons. The summed E-state index contributed by atoms with van der Waals surface area (Å²) in [5.74, 6) is 8.16. The molecule has 1 aliphatic carbocycles. The normalized spacial score (nSPS) is 16.3. The first-order valence-corrected chi connectivity index (χ1v) is 6.04. The number of methoxy groups -OCH3 is 1. The van der Waals surface area contributed by atoms with Crippen LogP contribution >= 0.6 is 0 Å². The molecule has 2 rings (SSSR count). The van der Waals surface area contributed by atoms with Crippen molar-refractivity contribution in [3.8, 4) is 17.6 Å². The second-order valence-electron chi connectivity index (χ2n) is 4.33. The molecular weight excluding hydrogens is 196 g/mol. The van der Waals surface area contributed by atoms with Gasteiger partial charge in [-0.15, -0.1) is 0 Å². The highest BCUT2D eigenvalue weighted by Gasteiger charge is 2.09. The van der Waals surface area contributed by atoms with Gasteiger partial charge in [0.1, 0.15) is 5.75 Å². The van der Waals surface area contributed by atoms with Crippen molar-refractivity contribution in [2.45, 2.75) is 32.1 Å². The molecule has 0 aliphatic heterocycles. The van der Waals surface area contributed by atoms with Gasteiger partial charge >= 0.3 is 0 Å². The van der Waals surface area contributed by atoms with E-state index >= 15 is 0 Å². The van der Waals surface area contributed by atoms with E-state index in [1.165, 1.54) is 32.1 Å². The van der Waals surface area contributed by atoms with Crippen LogP contribution in [-0.4, -0.2) is 7.11 Å². The molecule has 0 saturated heterocycles. The second-order valence-corrected chi connectivity index (χ2v) is 4.33. The Bertz CT molecular complexity index is 374. The van der Waals surface area contributed by atoms with Gasteiger partial charge in [-0.1, -0.05) is 31.1 Å². The summed E-state index contributed by atoms with van der Waals surface area (Å²) in [4.78, 5) is 0. The standard InChI is InChI=1S/C15H18O/c1-16-15-11-9-14(10-12-15)8-7-13-5-3-2-4-6-13/h9-13H,2-6H2,1H3. The Labute approximate surface area is 97.8 Å². The van der Waals surface area contributed by atoms with Crippen molar-refractivity contribution in [2.75, 3.05) is 7.11 Å². The van der Waals surface area contributed by atoms with Gasteiger partial charge in [0, 0.05) is 11.5 Å². The first-order valence-electron chi connectivity index (χ1n) is 6.04. The minimum absolute atomic E-state index is 0.621. The number of hydrogen-bond acceptors (Lipinski definition) is 1. The van der Waals surface area contributed by atoms with Gasteiger partial charge in [0.2, 0.25) is 0 Å². The molecule has 1 nitrogen and oxygen atoms in total. The molecular formula is C15H18O. The molecule has 0 bridgehead atoms. The van der Waals surface area contributed by atoms with Crippen LogP contribution in [-0.2, 0) is 0 Å². The molecule has 1 fully saturated rings. The predicted octanol–water partition coefficient (Wildman–Crippen LogP) is 3.63. The van der Waals surface area contributed by atoms with Crippen LogP contribution in [0.4, 0.5) is 0 Å². The van der Waals surface area contributed by atoms with Crippen molar-refractivity contribution in [3.63, 3.8) is 0 Å². The summed E-state index contributed by atoms with van der Waals surface area (Å²) in [5, 5.41) is 0. The molecule has 1 heteroatoms. The summed E-state index contributed by atoms with van der Waals surface area (Å²) in [6, 6.07) is 7.97. The second kappa shape index (κ2) is 5.61. The third-order valence-electron chi connectivity index (χ3n) is 3.12. The Balaban J connectivity index is 1.99. The highest BCUT2D eigenvalue weighted by molar-refractivity contribution is 5.38. The molecule has 0 N–H and O–H groups in total. The Morgan fingerprint density at radius 2 is 1.75 bits per heavy atom. The van der Waals surface area contributed by atoms with Gasteiger partial charge in [-0.2, -0.15) is 0 Å². The summed E-state index contributed by atoms with van der Waals surface area (Å²) < 4.78 is 5.12. The molecule has 1 aliphatic rings. The highest BCUT2D eigenvalue weighted by atomic mass is 16.5. The van der Waals surface area contributed by atoms with Gasteiger partial charge in [-0.25, -0.2) is 0 Å². The van der Waals surface area contributed by atoms with E-state index in [2.05, 4.69) is 11.8 Å². The maximum Gasteiger partial charge on any atom is 0.118 e. The number of benzene rings is 1. The lowest BCUT2D eigenvalue weighted by atomic mass is 9.90. The smallest absolute Gasteiger partial charge is 0.118 e. The monoisotopic (exact) mass is 214 g/mol. The lowest BCUT2D eigenvalue weighted by molar-refractivity contribution is 0.415. The lowest BCUT2D eigenvalue weighted by Gasteiger charge is -2.15. The Morgan fingerprint density at radius 3 is 2.38 bits per heavy atom. The van der Waals surface area contributed by atoms with Crippen molar-refractivity contribution in [2.24, 2.45) is 5.92 Å². The van der Waals surface area contributed by atoms with E-state index in [4.69, 9.17) is 4.74 Å². The van der Waals surface area contributed by atoms with E-state index in [1.807, 2.05) is 24.3 Å². The minimum Gasteiger partial charge on any atom is -0.497 e. The van der Waals surface area contributed by atoms with Crippen molar-refractivity contribution >= 4 is 0 Å². The summed E-state index contributed by atoms with van der Waals surface area (Å²) in [7, 11) is 1.68. The van der Waals surface area contributed by atoms with Gasteiger partial charge in [0.25, 0.3) is 0 Å². The van der Waals surface area contributed by atoms with Crippen molar-refractivity contribution in [3.05, 3.63) is 29.8 Å². The van der Waals surface area contributed by atoms with Gasteiger partial charge < -0.3 is 4.74 Å². The highest BCUT2D eigenvalue weighted by Crippen LogP contribution is 2.22. The van der Waals surface area contributed by atoms with E-state index in [0.717, 1.165) is 11.3 Å². The summed E-state index contributed by atoms with van der Waals surface area (Å²) in [6.07, 6.45) is 6.65. The van der Waals surface area contributed by atoms with Gasteiger partial charge in [-0.3, -0.25) is 0 Å². The zero-order valence-electron chi connectivity index (χ0n) is 9.83. The molecule has 0 unspecified atom stereocenters. The third kappa shape index (κ3) is 3.03.